The summed E-state index contributed by atoms with van der Waals surface area (Å²) in [6, 6.07) is 14.2. The van der Waals surface area contributed by atoms with E-state index in [1.54, 1.807) is 12.1 Å². The first-order valence-electron chi connectivity index (χ1n) is 9.94. The fourth-order valence-electron chi connectivity index (χ4n) is 3.64. The highest BCUT2D eigenvalue weighted by molar-refractivity contribution is 7.89. The van der Waals surface area contributed by atoms with Gasteiger partial charge < -0.3 is 5.32 Å². The normalized spacial score (nSPS) is 18.9. The Labute approximate surface area is 178 Å². The first kappa shape index (κ1) is 21.8. The van der Waals surface area contributed by atoms with Crippen LogP contribution in [0.3, 0.4) is 0 Å². The van der Waals surface area contributed by atoms with E-state index in [0.29, 0.717) is 24.4 Å². The highest BCUT2D eigenvalue weighted by Crippen LogP contribution is 2.26. The Morgan fingerprint density at radius 1 is 1.17 bits per heavy atom. The molecule has 2 aromatic rings. The lowest BCUT2D eigenvalue weighted by Crippen LogP contribution is -2.46. The second-order valence-corrected chi connectivity index (χ2v) is 9.91. The van der Waals surface area contributed by atoms with Crippen LogP contribution in [-0.2, 0) is 14.8 Å². The summed E-state index contributed by atoms with van der Waals surface area (Å²) >= 11 is 5.87. The van der Waals surface area contributed by atoms with Gasteiger partial charge in [-0.3, -0.25) is 4.79 Å². The van der Waals surface area contributed by atoms with Gasteiger partial charge in [-0.1, -0.05) is 48.4 Å². The molecule has 0 aliphatic carbocycles. The summed E-state index contributed by atoms with van der Waals surface area (Å²) in [5, 5.41) is 3.60. The summed E-state index contributed by atoms with van der Waals surface area (Å²) in [6.45, 7) is 4.68. The van der Waals surface area contributed by atoms with Gasteiger partial charge in [0.05, 0.1) is 16.9 Å². The third kappa shape index (κ3) is 5.18. The van der Waals surface area contributed by atoms with E-state index >= 15 is 0 Å². The molecule has 1 saturated heterocycles. The van der Waals surface area contributed by atoms with Crippen molar-refractivity contribution in [1.29, 1.82) is 0 Å². The number of hydrogen-bond donors (Lipinski definition) is 1. The van der Waals surface area contributed by atoms with Crippen molar-refractivity contribution < 1.29 is 13.2 Å². The summed E-state index contributed by atoms with van der Waals surface area (Å²) in [5.41, 5.74) is 2.23. The average molecular weight is 435 g/mol. The third-order valence-electron chi connectivity index (χ3n) is 5.41. The minimum absolute atomic E-state index is 0.0775. The molecule has 0 unspecified atom stereocenters. The lowest BCUT2D eigenvalue weighted by molar-refractivity contribution is -0.126. The summed E-state index contributed by atoms with van der Waals surface area (Å²) in [5.74, 6) is -0.446. The number of aryl methyl sites for hydroxylation is 1. The largest absolute Gasteiger partial charge is 0.349 e. The predicted octanol–water partition coefficient (Wildman–Crippen LogP) is 4.32. The summed E-state index contributed by atoms with van der Waals surface area (Å²) in [7, 11) is -3.64. The molecule has 5 nitrogen and oxygen atoms in total. The molecule has 1 heterocycles. The summed E-state index contributed by atoms with van der Waals surface area (Å²) < 4.78 is 27.3. The lowest BCUT2D eigenvalue weighted by atomic mass is 9.97. The SMILES string of the molecule is CC[C@H](NC(=O)[C@H]1CCCN(S(=O)(=O)c2ccc(Cl)cc2)C1)c1ccc(C)cc1. The average Bonchev–Trinajstić information content (AvgIpc) is 2.73. The van der Waals surface area contributed by atoms with E-state index in [-0.39, 0.29) is 29.3 Å². The highest BCUT2D eigenvalue weighted by Gasteiger charge is 2.33. The van der Waals surface area contributed by atoms with Crippen molar-refractivity contribution in [1.82, 2.24) is 9.62 Å². The fraction of sp³-hybridized carbons (Fsp3) is 0.409. The predicted molar refractivity (Wildman–Crippen MR) is 115 cm³/mol. The van der Waals surface area contributed by atoms with Gasteiger partial charge >= 0.3 is 0 Å². The minimum Gasteiger partial charge on any atom is -0.349 e. The van der Waals surface area contributed by atoms with Crippen LogP contribution in [0.1, 0.15) is 43.4 Å². The number of benzene rings is 2. The number of rotatable bonds is 6. The zero-order valence-corrected chi connectivity index (χ0v) is 18.3. The molecule has 3 rings (SSSR count). The van der Waals surface area contributed by atoms with Crippen LogP contribution < -0.4 is 5.32 Å². The number of sulfonamides is 1. The third-order valence-corrected chi connectivity index (χ3v) is 7.54. The van der Waals surface area contributed by atoms with Crippen molar-refractivity contribution in [2.45, 2.75) is 44.0 Å². The van der Waals surface area contributed by atoms with Crippen LogP contribution in [0.15, 0.2) is 53.4 Å². The number of nitrogens with zero attached hydrogens (tertiary/aromatic N) is 1. The zero-order chi connectivity index (χ0) is 21.0. The quantitative estimate of drug-likeness (QED) is 0.736. The van der Waals surface area contributed by atoms with Gasteiger partial charge in [0.2, 0.25) is 15.9 Å². The monoisotopic (exact) mass is 434 g/mol. The van der Waals surface area contributed by atoms with Crippen LogP contribution in [0.25, 0.3) is 0 Å². The van der Waals surface area contributed by atoms with Crippen LogP contribution in [0.2, 0.25) is 5.02 Å². The Kier molecular flexibility index (Phi) is 6.98. The zero-order valence-electron chi connectivity index (χ0n) is 16.8. The number of carbonyl (C=O) groups is 1. The van der Waals surface area contributed by atoms with Crippen LogP contribution >= 0.6 is 11.6 Å². The van der Waals surface area contributed by atoms with E-state index in [1.165, 1.54) is 22.0 Å². The molecule has 7 heteroatoms. The van der Waals surface area contributed by atoms with Crippen molar-refractivity contribution >= 4 is 27.5 Å². The van der Waals surface area contributed by atoms with Gasteiger partial charge in [-0.15, -0.1) is 0 Å². The number of amides is 1. The molecular formula is C22H27ClN2O3S. The van der Waals surface area contributed by atoms with Crippen molar-refractivity contribution in [2.75, 3.05) is 13.1 Å². The molecule has 29 heavy (non-hydrogen) atoms. The minimum atomic E-state index is -3.64. The van der Waals surface area contributed by atoms with Gasteiger partial charge in [0.25, 0.3) is 0 Å². The van der Waals surface area contributed by atoms with Gasteiger partial charge in [0, 0.05) is 18.1 Å². The maximum atomic E-state index is 12.9. The highest BCUT2D eigenvalue weighted by atomic mass is 35.5. The van der Waals surface area contributed by atoms with Gasteiger partial charge in [0.15, 0.2) is 0 Å². The molecule has 2 atom stereocenters. The van der Waals surface area contributed by atoms with Gasteiger partial charge in [-0.05, 0) is 56.0 Å². The molecule has 1 aliphatic rings. The molecule has 156 valence electrons. The Morgan fingerprint density at radius 2 is 1.83 bits per heavy atom. The van der Waals surface area contributed by atoms with Crippen molar-refractivity contribution in [3.8, 4) is 0 Å². The van der Waals surface area contributed by atoms with Crippen LogP contribution in [0.4, 0.5) is 0 Å². The van der Waals surface area contributed by atoms with Crippen LogP contribution in [0.5, 0.6) is 0 Å². The number of halogens is 1. The number of hydrogen-bond acceptors (Lipinski definition) is 3. The Bertz CT molecular complexity index is 943. The molecule has 1 N–H and O–H groups in total. The van der Waals surface area contributed by atoms with E-state index in [9.17, 15) is 13.2 Å². The standard InChI is InChI=1S/C22H27ClN2O3S/c1-3-21(17-8-6-16(2)7-9-17)24-22(26)18-5-4-14-25(15-18)29(27,28)20-12-10-19(23)11-13-20/h6-13,18,21H,3-5,14-15H2,1-2H3,(H,24,26)/t18-,21-/m0/s1. The number of piperidine rings is 1. The molecular weight excluding hydrogens is 408 g/mol. The number of carbonyl (C=O) groups excluding carboxylic acids is 1. The van der Waals surface area contributed by atoms with E-state index in [4.69, 9.17) is 11.6 Å². The Balaban J connectivity index is 1.70. The van der Waals surface area contributed by atoms with Crippen LogP contribution in [-0.4, -0.2) is 31.7 Å². The second-order valence-electron chi connectivity index (χ2n) is 7.54. The van der Waals surface area contributed by atoms with E-state index in [1.807, 2.05) is 38.1 Å². The molecule has 1 aliphatic heterocycles. The van der Waals surface area contributed by atoms with E-state index in [2.05, 4.69) is 5.32 Å². The first-order chi connectivity index (χ1) is 13.8. The molecule has 0 spiro atoms. The molecule has 0 bridgehead atoms. The molecule has 1 fully saturated rings. The molecule has 2 aromatic carbocycles. The van der Waals surface area contributed by atoms with Gasteiger partial charge in [0.1, 0.15) is 0 Å². The van der Waals surface area contributed by atoms with Crippen LogP contribution in [0, 0.1) is 12.8 Å². The smallest absolute Gasteiger partial charge is 0.243 e. The van der Waals surface area contributed by atoms with E-state index in [0.717, 1.165) is 12.0 Å². The molecule has 0 radical (unpaired) electrons. The summed E-state index contributed by atoms with van der Waals surface area (Å²) in [6.07, 6.45) is 2.11. The summed E-state index contributed by atoms with van der Waals surface area (Å²) in [4.78, 5) is 13.1. The van der Waals surface area contributed by atoms with Gasteiger partial charge in [-0.25, -0.2) is 8.42 Å². The first-order valence-corrected chi connectivity index (χ1v) is 11.8. The Hall–Kier alpha value is -1.89. The van der Waals surface area contributed by atoms with Crippen molar-refractivity contribution in [2.24, 2.45) is 5.92 Å². The lowest BCUT2D eigenvalue weighted by Gasteiger charge is -2.32. The second kappa shape index (κ2) is 9.28. The van der Waals surface area contributed by atoms with E-state index < -0.39 is 10.0 Å². The fourth-order valence-corrected chi connectivity index (χ4v) is 5.29. The maximum Gasteiger partial charge on any atom is 0.243 e. The number of nitrogens with one attached hydrogen (secondary N) is 1. The van der Waals surface area contributed by atoms with Crippen molar-refractivity contribution in [3.05, 3.63) is 64.7 Å². The van der Waals surface area contributed by atoms with Crippen molar-refractivity contribution in [3.63, 3.8) is 0 Å². The topological polar surface area (TPSA) is 66.5 Å². The maximum absolute atomic E-state index is 12.9. The Morgan fingerprint density at radius 3 is 2.45 bits per heavy atom. The molecule has 1 amide bonds. The molecule has 0 aromatic heterocycles. The van der Waals surface area contributed by atoms with Gasteiger partial charge in [-0.2, -0.15) is 4.31 Å². The molecule has 0 saturated carbocycles.